The molecule has 1 N–H and O–H groups in total. The number of unbranched alkanes of at least 4 members (excludes halogenated alkanes) is 4. The molecule has 0 saturated heterocycles. The zero-order valence-corrected chi connectivity index (χ0v) is 22.3. The van der Waals surface area contributed by atoms with E-state index in [0.717, 1.165) is 44.3 Å². The number of aliphatic hydroxyl groups is 1. The van der Waals surface area contributed by atoms with Crippen molar-refractivity contribution in [1.82, 2.24) is 0 Å². The summed E-state index contributed by atoms with van der Waals surface area (Å²) in [4.78, 5) is 23.4. The van der Waals surface area contributed by atoms with Crippen molar-refractivity contribution in [3.63, 3.8) is 0 Å². The first kappa shape index (κ1) is 25.5. The molecule has 0 aromatic heterocycles. The molecule has 3 saturated carbocycles. The first-order valence-corrected chi connectivity index (χ1v) is 14.7. The number of rotatable bonds is 8. The summed E-state index contributed by atoms with van der Waals surface area (Å²) in [6.07, 6.45) is 16.8. The molecule has 0 aromatic carbocycles. The number of ketones is 1. The van der Waals surface area contributed by atoms with Crippen molar-refractivity contribution in [3.05, 3.63) is 11.6 Å². The van der Waals surface area contributed by atoms with Crippen LogP contribution in [0, 0.1) is 34.5 Å². The quantitative estimate of drug-likeness (QED) is 0.381. The number of hydrogen-bond acceptors (Lipinski definition) is 4. The minimum Gasteiger partial charge on any atom is -0.390 e. The van der Waals surface area contributed by atoms with Crippen molar-refractivity contribution in [2.75, 3.05) is 5.75 Å². The number of carbonyl (C=O) groups excluding carboxylic acids is 2. The monoisotopic (exact) mass is 474 g/mol. The fraction of sp³-hybridized carbons (Fsp3) is 0.862. The van der Waals surface area contributed by atoms with E-state index in [4.69, 9.17) is 0 Å². The largest absolute Gasteiger partial charge is 0.390 e. The molecule has 3 nitrogen and oxygen atoms in total. The first-order chi connectivity index (χ1) is 15.6. The minimum absolute atomic E-state index is 0.0445. The second-order valence-electron chi connectivity index (χ2n) is 12.5. The zero-order valence-electron chi connectivity index (χ0n) is 21.5. The molecule has 4 rings (SSSR count). The molecule has 186 valence electrons. The van der Waals surface area contributed by atoms with Gasteiger partial charge >= 0.3 is 0 Å². The van der Waals surface area contributed by atoms with Crippen LogP contribution >= 0.6 is 11.8 Å². The molecule has 7 atom stereocenters. The highest BCUT2D eigenvalue weighted by Gasteiger charge is 2.64. The molecule has 0 heterocycles. The Balaban J connectivity index is 1.45. The first-order valence-electron chi connectivity index (χ1n) is 13.7. The van der Waals surface area contributed by atoms with Gasteiger partial charge in [-0.2, -0.15) is 0 Å². The SMILES string of the molecule is CC(=O)SCCCCCCCC1CC2=CC(=O)CC[C@]2(C)C2CC[C@@]3(C)C(CC[C@]3(C)O)C12. The summed E-state index contributed by atoms with van der Waals surface area (Å²) in [7, 11) is 0. The van der Waals surface area contributed by atoms with E-state index < -0.39 is 5.60 Å². The van der Waals surface area contributed by atoms with Gasteiger partial charge in [0, 0.05) is 19.1 Å². The predicted molar refractivity (Wildman–Crippen MR) is 137 cm³/mol. The summed E-state index contributed by atoms with van der Waals surface area (Å²) in [5.41, 5.74) is 1.16. The van der Waals surface area contributed by atoms with Crippen LogP contribution < -0.4 is 0 Å². The summed E-state index contributed by atoms with van der Waals surface area (Å²) in [6, 6.07) is 0. The maximum atomic E-state index is 12.3. The highest BCUT2D eigenvalue weighted by Crippen LogP contribution is 2.69. The fourth-order valence-electron chi connectivity index (χ4n) is 8.50. The number of thioether (sulfide) groups is 1. The van der Waals surface area contributed by atoms with Crippen LogP contribution in [-0.4, -0.2) is 27.4 Å². The second kappa shape index (κ2) is 9.80. The summed E-state index contributed by atoms with van der Waals surface area (Å²) in [5, 5.41) is 11.6. The van der Waals surface area contributed by atoms with Gasteiger partial charge in [-0.05, 0) is 98.9 Å². The molecule has 4 aliphatic rings. The number of allylic oxidation sites excluding steroid dienone is 1. The van der Waals surface area contributed by atoms with Crippen molar-refractivity contribution in [3.8, 4) is 0 Å². The van der Waals surface area contributed by atoms with Crippen molar-refractivity contribution in [1.29, 1.82) is 0 Å². The summed E-state index contributed by atoms with van der Waals surface area (Å²) in [6.45, 7) is 8.60. The fourth-order valence-corrected chi connectivity index (χ4v) is 9.13. The maximum Gasteiger partial charge on any atom is 0.185 e. The molecule has 33 heavy (non-hydrogen) atoms. The number of fused-ring (bicyclic) bond motifs is 5. The highest BCUT2D eigenvalue weighted by atomic mass is 32.2. The Kier molecular flexibility index (Phi) is 7.57. The lowest BCUT2D eigenvalue weighted by Crippen LogP contribution is -2.56. The van der Waals surface area contributed by atoms with E-state index in [-0.39, 0.29) is 15.9 Å². The average molecular weight is 475 g/mol. The van der Waals surface area contributed by atoms with Gasteiger partial charge in [0.15, 0.2) is 10.9 Å². The van der Waals surface area contributed by atoms with Crippen LogP contribution in [0.3, 0.4) is 0 Å². The zero-order chi connectivity index (χ0) is 23.9. The average Bonchev–Trinajstić information content (AvgIpc) is 2.99. The Bertz CT molecular complexity index is 786. The van der Waals surface area contributed by atoms with Crippen LogP contribution in [0.15, 0.2) is 11.6 Å². The minimum atomic E-state index is -0.537. The number of hydrogen-bond donors (Lipinski definition) is 1. The van der Waals surface area contributed by atoms with E-state index in [1.807, 2.05) is 6.08 Å². The Morgan fingerprint density at radius 1 is 1.03 bits per heavy atom. The van der Waals surface area contributed by atoms with Crippen molar-refractivity contribution in [2.24, 2.45) is 34.5 Å². The molecule has 0 radical (unpaired) electrons. The molecular formula is C29H46O3S. The summed E-state index contributed by atoms with van der Waals surface area (Å²) < 4.78 is 0. The lowest BCUT2D eigenvalue weighted by Gasteiger charge is -2.61. The molecular weight excluding hydrogens is 428 g/mol. The van der Waals surface area contributed by atoms with Gasteiger partial charge in [0.2, 0.25) is 0 Å². The van der Waals surface area contributed by atoms with Crippen molar-refractivity contribution < 1.29 is 14.7 Å². The Morgan fingerprint density at radius 2 is 1.73 bits per heavy atom. The third kappa shape index (κ3) is 4.77. The molecule has 0 aliphatic heterocycles. The highest BCUT2D eigenvalue weighted by molar-refractivity contribution is 8.13. The summed E-state index contributed by atoms with van der Waals surface area (Å²) >= 11 is 1.46. The normalized spacial score (nSPS) is 42.3. The Hall–Kier alpha value is -0.610. The molecule has 4 heteroatoms. The van der Waals surface area contributed by atoms with E-state index in [1.54, 1.807) is 6.92 Å². The van der Waals surface area contributed by atoms with Crippen LogP contribution in [0.2, 0.25) is 0 Å². The molecule has 0 amide bonds. The van der Waals surface area contributed by atoms with Crippen LogP contribution in [0.4, 0.5) is 0 Å². The topological polar surface area (TPSA) is 54.4 Å². The van der Waals surface area contributed by atoms with Crippen molar-refractivity contribution >= 4 is 22.7 Å². The van der Waals surface area contributed by atoms with Gasteiger partial charge in [-0.25, -0.2) is 0 Å². The van der Waals surface area contributed by atoms with E-state index in [1.165, 1.54) is 62.3 Å². The standard InChI is InChI=1S/C29H46O3S/c1-20(30)33-17-9-7-5-6-8-10-21-18-22-19-23(31)11-14-27(22,2)24-12-15-28(3)25(26(21)24)13-16-29(28,4)32/h19,21,24-26,32H,5-18H2,1-4H3/t21?,24?,25?,26?,27-,28-,29-/m0/s1. The van der Waals surface area contributed by atoms with Crippen LogP contribution in [0.1, 0.15) is 111 Å². The Morgan fingerprint density at radius 3 is 2.48 bits per heavy atom. The van der Waals surface area contributed by atoms with Gasteiger partial charge in [-0.1, -0.05) is 56.9 Å². The molecule has 0 spiro atoms. The van der Waals surface area contributed by atoms with Gasteiger partial charge in [0.1, 0.15) is 0 Å². The molecule has 3 fully saturated rings. The third-order valence-corrected chi connectivity index (χ3v) is 11.6. The van der Waals surface area contributed by atoms with E-state index in [2.05, 4.69) is 20.8 Å². The van der Waals surface area contributed by atoms with Crippen molar-refractivity contribution in [2.45, 2.75) is 117 Å². The van der Waals surface area contributed by atoms with E-state index in [0.29, 0.717) is 29.5 Å². The molecule has 4 aliphatic carbocycles. The van der Waals surface area contributed by atoms with E-state index >= 15 is 0 Å². The van der Waals surface area contributed by atoms with Crippen LogP contribution in [0.25, 0.3) is 0 Å². The van der Waals surface area contributed by atoms with Gasteiger partial charge < -0.3 is 5.11 Å². The Labute approximate surface area is 205 Å². The van der Waals surface area contributed by atoms with Gasteiger partial charge in [0.25, 0.3) is 0 Å². The molecule has 0 aromatic rings. The summed E-state index contributed by atoms with van der Waals surface area (Å²) in [5.74, 6) is 3.95. The smallest absolute Gasteiger partial charge is 0.185 e. The lowest BCUT2D eigenvalue weighted by atomic mass is 9.44. The lowest BCUT2D eigenvalue weighted by molar-refractivity contribution is -0.135. The molecule has 4 unspecified atom stereocenters. The maximum absolute atomic E-state index is 12.3. The third-order valence-electron chi connectivity index (χ3n) is 10.7. The van der Waals surface area contributed by atoms with Crippen LogP contribution in [-0.2, 0) is 9.59 Å². The van der Waals surface area contributed by atoms with Gasteiger partial charge in [-0.3, -0.25) is 9.59 Å². The van der Waals surface area contributed by atoms with Gasteiger partial charge in [-0.15, -0.1) is 0 Å². The predicted octanol–water partition coefficient (Wildman–Crippen LogP) is 7.12. The van der Waals surface area contributed by atoms with Crippen LogP contribution in [0.5, 0.6) is 0 Å². The van der Waals surface area contributed by atoms with Gasteiger partial charge in [0.05, 0.1) is 5.60 Å². The number of carbonyl (C=O) groups is 2. The second-order valence-corrected chi connectivity index (χ2v) is 13.7. The molecule has 0 bridgehead atoms. The van der Waals surface area contributed by atoms with E-state index in [9.17, 15) is 14.7 Å².